The Morgan fingerprint density at radius 3 is 1.84 bits per heavy atom. The lowest BCUT2D eigenvalue weighted by Crippen LogP contribution is -2.40. The highest BCUT2D eigenvalue weighted by Gasteiger charge is 2.29. The third kappa shape index (κ3) is 5.58. The van der Waals surface area contributed by atoms with Crippen LogP contribution in [0.25, 0.3) is 0 Å². The maximum atomic E-state index is 12.7. The van der Waals surface area contributed by atoms with Crippen LogP contribution >= 0.6 is 0 Å². The Labute approximate surface area is 176 Å². The van der Waals surface area contributed by atoms with Gasteiger partial charge in [0.2, 0.25) is 17.8 Å². The van der Waals surface area contributed by atoms with E-state index in [4.69, 9.17) is 9.47 Å². The molecule has 2 saturated heterocycles. The van der Waals surface area contributed by atoms with Crippen LogP contribution in [0, 0.1) is 0 Å². The number of morpholine rings is 2. The number of anilines is 3. The van der Waals surface area contributed by atoms with Crippen molar-refractivity contribution in [2.24, 2.45) is 5.10 Å². The van der Waals surface area contributed by atoms with Gasteiger partial charge in [0.1, 0.15) is 0 Å². The molecule has 1 aromatic carbocycles. The topological polar surface area (TPSA) is 88.0 Å². The lowest BCUT2D eigenvalue weighted by molar-refractivity contribution is -0.137. The van der Waals surface area contributed by atoms with E-state index < -0.39 is 11.7 Å². The third-order valence-corrected chi connectivity index (χ3v) is 4.82. The van der Waals surface area contributed by atoms with Gasteiger partial charge >= 0.3 is 6.18 Å². The van der Waals surface area contributed by atoms with Crippen molar-refractivity contribution in [2.75, 3.05) is 67.8 Å². The predicted molar refractivity (Wildman–Crippen MR) is 109 cm³/mol. The van der Waals surface area contributed by atoms with Gasteiger partial charge < -0.3 is 19.3 Å². The van der Waals surface area contributed by atoms with E-state index in [2.05, 4.69) is 25.5 Å². The second-order valence-electron chi connectivity index (χ2n) is 6.95. The van der Waals surface area contributed by atoms with Crippen molar-refractivity contribution in [3.05, 3.63) is 35.4 Å². The molecule has 2 aliphatic heterocycles. The van der Waals surface area contributed by atoms with Gasteiger partial charge in [-0.25, -0.2) is 5.43 Å². The van der Waals surface area contributed by atoms with Gasteiger partial charge in [0.25, 0.3) is 0 Å². The fraction of sp³-hybridized carbons (Fsp3) is 0.474. The van der Waals surface area contributed by atoms with Crippen LogP contribution in [0.4, 0.5) is 31.0 Å². The summed E-state index contributed by atoms with van der Waals surface area (Å²) in [4.78, 5) is 17.5. The van der Waals surface area contributed by atoms with Crippen molar-refractivity contribution in [1.29, 1.82) is 0 Å². The number of halogens is 3. The molecule has 2 aromatic rings. The molecule has 31 heavy (non-hydrogen) atoms. The number of alkyl halides is 3. The molecule has 0 bridgehead atoms. The van der Waals surface area contributed by atoms with E-state index in [1.54, 1.807) is 0 Å². The minimum atomic E-state index is -4.37. The van der Waals surface area contributed by atoms with Crippen molar-refractivity contribution in [2.45, 2.75) is 6.18 Å². The van der Waals surface area contributed by atoms with Crippen molar-refractivity contribution in [1.82, 2.24) is 15.0 Å². The van der Waals surface area contributed by atoms with Gasteiger partial charge in [-0.15, -0.1) is 0 Å². The quantitative estimate of drug-likeness (QED) is 0.562. The molecule has 4 rings (SSSR count). The molecule has 2 fully saturated rings. The van der Waals surface area contributed by atoms with Gasteiger partial charge in [-0.2, -0.15) is 33.2 Å². The molecular weight excluding hydrogens is 415 g/mol. The molecule has 3 heterocycles. The van der Waals surface area contributed by atoms with Crippen LogP contribution < -0.4 is 15.2 Å². The van der Waals surface area contributed by atoms with Gasteiger partial charge in [0.05, 0.1) is 38.2 Å². The molecule has 0 spiro atoms. The summed E-state index contributed by atoms with van der Waals surface area (Å²) in [6.45, 7) is 5.03. The van der Waals surface area contributed by atoms with Gasteiger partial charge in [-0.3, -0.25) is 0 Å². The highest BCUT2D eigenvalue weighted by Crippen LogP contribution is 2.28. The molecule has 1 N–H and O–H groups in total. The summed E-state index contributed by atoms with van der Waals surface area (Å²) in [6, 6.07) is 4.72. The fourth-order valence-corrected chi connectivity index (χ4v) is 3.14. The maximum absolute atomic E-state index is 12.7. The summed E-state index contributed by atoms with van der Waals surface area (Å²) in [5.74, 6) is 1.29. The van der Waals surface area contributed by atoms with E-state index in [0.717, 1.165) is 12.1 Å². The van der Waals surface area contributed by atoms with E-state index >= 15 is 0 Å². The van der Waals surface area contributed by atoms with Gasteiger partial charge in [0, 0.05) is 26.2 Å². The second-order valence-corrected chi connectivity index (χ2v) is 6.95. The molecule has 9 nitrogen and oxygen atoms in total. The summed E-state index contributed by atoms with van der Waals surface area (Å²) >= 11 is 0. The Bertz CT molecular complexity index is 860. The Morgan fingerprint density at radius 1 is 0.839 bits per heavy atom. The zero-order chi connectivity index (χ0) is 21.7. The Kier molecular flexibility index (Phi) is 6.47. The number of nitrogens with one attached hydrogen (secondary N) is 1. The van der Waals surface area contributed by atoms with Crippen LogP contribution in [0.3, 0.4) is 0 Å². The highest BCUT2D eigenvalue weighted by molar-refractivity contribution is 5.80. The first kappa shape index (κ1) is 21.2. The molecule has 12 heteroatoms. The molecule has 0 atom stereocenters. The zero-order valence-corrected chi connectivity index (χ0v) is 16.7. The first-order valence-corrected chi connectivity index (χ1v) is 9.87. The van der Waals surface area contributed by atoms with E-state index in [-0.39, 0.29) is 5.95 Å². The van der Waals surface area contributed by atoms with E-state index in [9.17, 15) is 13.2 Å². The third-order valence-electron chi connectivity index (χ3n) is 4.82. The minimum Gasteiger partial charge on any atom is -0.378 e. The summed E-state index contributed by atoms with van der Waals surface area (Å²) < 4.78 is 48.8. The number of ether oxygens (including phenoxy) is 2. The molecule has 2 aliphatic rings. The predicted octanol–water partition coefficient (Wildman–Crippen LogP) is 2.01. The molecule has 0 unspecified atom stereocenters. The second kappa shape index (κ2) is 9.43. The average Bonchev–Trinajstić information content (AvgIpc) is 2.80. The molecule has 0 radical (unpaired) electrons. The monoisotopic (exact) mass is 437 g/mol. The normalized spacial score (nSPS) is 17.9. The molecule has 166 valence electrons. The number of hydrogen-bond donors (Lipinski definition) is 1. The lowest BCUT2D eigenvalue weighted by atomic mass is 10.1. The van der Waals surface area contributed by atoms with E-state index in [1.165, 1.54) is 18.3 Å². The Balaban J connectivity index is 1.51. The van der Waals surface area contributed by atoms with E-state index in [0.29, 0.717) is 70.1 Å². The largest absolute Gasteiger partial charge is 0.416 e. The van der Waals surface area contributed by atoms with Crippen LogP contribution in [0.5, 0.6) is 0 Å². The Hall–Kier alpha value is -2.99. The summed E-state index contributed by atoms with van der Waals surface area (Å²) in [7, 11) is 0. The standard InChI is InChI=1S/C19H22F3N7O2/c20-19(21,22)15-3-1-14(2-4-15)13-23-27-16-24-17(28-5-9-30-10-6-28)26-18(25-16)29-7-11-31-12-8-29/h1-4,13H,5-12H2,(H,24,25,26,27). The summed E-state index contributed by atoms with van der Waals surface area (Å²) in [5.41, 5.74) is 2.57. The number of hydrogen-bond acceptors (Lipinski definition) is 9. The molecular formula is C19H22F3N7O2. The number of aromatic nitrogens is 3. The van der Waals surface area contributed by atoms with Crippen LogP contribution in [-0.2, 0) is 15.7 Å². The first-order chi connectivity index (χ1) is 15.0. The van der Waals surface area contributed by atoms with Crippen LogP contribution in [0.15, 0.2) is 29.4 Å². The maximum Gasteiger partial charge on any atom is 0.416 e. The fourth-order valence-electron chi connectivity index (χ4n) is 3.14. The average molecular weight is 437 g/mol. The summed E-state index contributed by atoms with van der Waals surface area (Å²) in [6.07, 6.45) is -2.96. The van der Waals surface area contributed by atoms with Gasteiger partial charge in [-0.1, -0.05) is 12.1 Å². The van der Waals surface area contributed by atoms with Crippen LogP contribution in [0.2, 0.25) is 0 Å². The van der Waals surface area contributed by atoms with Crippen molar-refractivity contribution in [3.8, 4) is 0 Å². The Morgan fingerprint density at radius 2 is 1.35 bits per heavy atom. The number of benzene rings is 1. The minimum absolute atomic E-state index is 0.251. The van der Waals surface area contributed by atoms with Gasteiger partial charge in [-0.05, 0) is 17.7 Å². The summed E-state index contributed by atoms with van der Waals surface area (Å²) in [5, 5.41) is 4.08. The highest BCUT2D eigenvalue weighted by atomic mass is 19.4. The molecule has 0 saturated carbocycles. The van der Waals surface area contributed by atoms with Crippen LogP contribution in [-0.4, -0.2) is 73.8 Å². The number of hydrazone groups is 1. The number of rotatable bonds is 5. The molecule has 0 aliphatic carbocycles. The first-order valence-electron chi connectivity index (χ1n) is 9.87. The van der Waals surface area contributed by atoms with Crippen molar-refractivity contribution >= 4 is 24.1 Å². The SMILES string of the molecule is FC(F)(F)c1ccc(C=NNc2nc(N3CCOCC3)nc(N3CCOCC3)n2)cc1. The smallest absolute Gasteiger partial charge is 0.378 e. The van der Waals surface area contributed by atoms with E-state index in [1.807, 2.05) is 9.80 Å². The van der Waals surface area contributed by atoms with Crippen molar-refractivity contribution < 1.29 is 22.6 Å². The van der Waals surface area contributed by atoms with Crippen molar-refractivity contribution in [3.63, 3.8) is 0 Å². The lowest BCUT2D eigenvalue weighted by Gasteiger charge is -2.30. The number of nitrogens with zero attached hydrogens (tertiary/aromatic N) is 6. The molecule has 0 amide bonds. The van der Waals surface area contributed by atoms with Crippen LogP contribution in [0.1, 0.15) is 11.1 Å². The zero-order valence-electron chi connectivity index (χ0n) is 16.7. The van der Waals surface area contributed by atoms with Gasteiger partial charge in [0.15, 0.2) is 0 Å². The molecule has 1 aromatic heterocycles.